The van der Waals surface area contributed by atoms with Gasteiger partial charge in [0.2, 0.25) is 10.0 Å². The van der Waals surface area contributed by atoms with Crippen LogP contribution in [-0.4, -0.2) is 19.6 Å². The molecule has 0 aromatic heterocycles. The lowest BCUT2D eigenvalue weighted by Gasteiger charge is -2.16. The third-order valence-corrected chi connectivity index (χ3v) is 5.50. The lowest BCUT2D eigenvalue weighted by Crippen LogP contribution is -2.33. The van der Waals surface area contributed by atoms with Crippen LogP contribution in [0, 0.1) is 5.92 Å². The van der Waals surface area contributed by atoms with Crippen molar-refractivity contribution in [3.05, 3.63) is 27.7 Å². The van der Waals surface area contributed by atoms with Gasteiger partial charge in [0.15, 0.2) is 0 Å². The summed E-state index contributed by atoms with van der Waals surface area (Å²) < 4.78 is 27.3. The number of rotatable bonds is 7. The van der Waals surface area contributed by atoms with Crippen molar-refractivity contribution < 1.29 is 13.5 Å². The van der Waals surface area contributed by atoms with Crippen LogP contribution in [0.3, 0.4) is 0 Å². The van der Waals surface area contributed by atoms with E-state index in [2.05, 4.69) is 18.6 Å². The van der Waals surface area contributed by atoms with Gasteiger partial charge in [-0.05, 0) is 43.4 Å². The van der Waals surface area contributed by atoms with Gasteiger partial charge < -0.3 is 5.11 Å². The summed E-state index contributed by atoms with van der Waals surface area (Å²) in [5, 5.41) is 9.47. The number of aliphatic hydroxyl groups excluding tert-OH is 1. The van der Waals surface area contributed by atoms with E-state index in [-0.39, 0.29) is 27.6 Å². The monoisotopic (exact) mass is 353 g/mol. The highest BCUT2D eigenvalue weighted by molar-refractivity contribution is 7.89. The van der Waals surface area contributed by atoms with E-state index >= 15 is 0 Å². The maximum absolute atomic E-state index is 12.4. The zero-order valence-electron chi connectivity index (χ0n) is 12.4. The van der Waals surface area contributed by atoms with Gasteiger partial charge in [-0.1, -0.05) is 37.0 Å². The van der Waals surface area contributed by atoms with E-state index < -0.39 is 10.0 Å². The van der Waals surface area contributed by atoms with Crippen LogP contribution in [0.15, 0.2) is 17.0 Å². The van der Waals surface area contributed by atoms with Crippen LogP contribution in [0.4, 0.5) is 0 Å². The van der Waals surface area contributed by atoms with Gasteiger partial charge in [-0.25, -0.2) is 13.1 Å². The number of hydrogen-bond acceptors (Lipinski definition) is 3. The van der Waals surface area contributed by atoms with Crippen molar-refractivity contribution in [1.29, 1.82) is 0 Å². The average Bonchev–Trinajstić information content (AvgIpc) is 2.35. The van der Waals surface area contributed by atoms with Crippen LogP contribution in [0.2, 0.25) is 10.0 Å². The van der Waals surface area contributed by atoms with Crippen LogP contribution in [0.25, 0.3) is 0 Å². The molecular weight excluding hydrogens is 333 g/mol. The Bertz CT molecular complexity index is 588. The van der Waals surface area contributed by atoms with Crippen LogP contribution in [0.1, 0.15) is 39.2 Å². The lowest BCUT2D eigenvalue weighted by atomic mass is 10.1. The maximum Gasteiger partial charge on any atom is 0.242 e. The molecule has 1 unspecified atom stereocenters. The van der Waals surface area contributed by atoms with Crippen LogP contribution < -0.4 is 4.72 Å². The van der Waals surface area contributed by atoms with Crippen molar-refractivity contribution in [3.8, 4) is 0 Å². The average molecular weight is 354 g/mol. The van der Waals surface area contributed by atoms with Gasteiger partial charge in [0.25, 0.3) is 0 Å². The molecular formula is C14H21Cl2NO3S. The van der Waals surface area contributed by atoms with Crippen molar-refractivity contribution >= 4 is 33.2 Å². The first-order valence-corrected chi connectivity index (χ1v) is 9.02. The molecule has 0 radical (unpaired) electrons. The first-order valence-electron chi connectivity index (χ1n) is 6.78. The van der Waals surface area contributed by atoms with Gasteiger partial charge in [0, 0.05) is 11.1 Å². The molecule has 1 atom stereocenters. The van der Waals surface area contributed by atoms with E-state index in [0.29, 0.717) is 11.5 Å². The predicted molar refractivity (Wildman–Crippen MR) is 86.2 cm³/mol. The van der Waals surface area contributed by atoms with Crippen molar-refractivity contribution in [2.45, 2.75) is 51.2 Å². The van der Waals surface area contributed by atoms with Gasteiger partial charge in [-0.15, -0.1) is 0 Å². The number of benzene rings is 1. The lowest BCUT2D eigenvalue weighted by molar-refractivity contribution is 0.281. The summed E-state index contributed by atoms with van der Waals surface area (Å²) in [5.41, 5.74) is 0.330. The second kappa shape index (κ2) is 7.79. The maximum atomic E-state index is 12.4. The molecule has 1 aromatic carbocycles. The predicted octanol–water partition coefficient (Wildman–Crippen LogP) is 3.59. The highest BCUT2D eigenvalue weighted by atomic mass is 35.5. The highest BCUT2D eigenvalue weighted by Gasteiger charge is 2.22. The fraction of sp³-hybridized carbons (Fsp3) is 0.571. The number of hydrogen-bond donors (Lipinski definition) is 2. The molecule has 0 saturated heterocycles. The topological polar surface area (TPSA) is 66.4 Å². The Kier molecular flexibility index (Phi) is 6.94. The molecule has 7 heteroatoms. The second-order valence-electron chi connectivity index (χ2n) is 5.53. The van der Waals surface area contributed by atoms with E-state index in [0.717, 1.165) is 12.8 Å². The largest absolute Gasteiger partial charge is 0.392 e. The van der Waals surface area contributed by atoms with Crippen molar-refractivity contribution in [2.75, 3.05) is 0 Å². The summed E-state index contributed by atoms with van der Waals surface area (Å²) in [4.78, 5) is -0.0611. The summed E-state index contributed by atoms with van der Waals surface area (Å²) in [6, 6.07) is 2.45. The van der Waals surface area contributed by atoms with Crippen molar-refractivity contribution in [1.82, 2.24) is 4.72 Å². The Morgan fingerprint density at radius 2 is 1.76 bits per heavy atom. The Morgan fingerprint density at radius 3 is 2.29 bits per heavy atom. The Labute approximate surface area is 136 Å². The van der Waals surface area contributed by atoms with E-state index in [9.17, 15) is 13.5 Å². The van der Waals surface area contributed by atoms with Crippen molar-refractivity contribution in [2.24, 2.45) is 5.92 Å². The Morgan fingerprint density at radius 1 is 1.14 bits per heavy atom. The minimum Gasteiger partial charge on any atom is -0.392 e. The van der Waals surface area contributed by atoms with Crippen LogP contribution >= 0.6 is 23.2 Å². The minimum absolute atomic E-state index is 0.0424. The van der Waals surface area contributed by atoms with Gasteiger partial charge in [0.05, 0.1) is 11.6 Å². The molecule has 21 heavy (non-hydrogen) atoms. The molecule has 0 heterocycles. The standard InChI is InChI=1S/C14H21Cl2NO3S/c1-9(2)4-5-10(3)17-21(19,20)14-6-11(8-18)12(15)7-13(14)16/h6-7,9-10,17-18H,4-5,8H2,1-3H3. The quantitative estimate of drug-likeness (QED) is 0.786. The van der Waals surface area contributed by atoms with E-state index in [1.165, 1.54) is 12.1 Å². The summed E-state index contributed by atoms with van der Waals surface area (Å²) in [6.07, 6.45) is 1.68. The first-order chi connectivity index (χ1) is 9.67. The summed E-state index contributed by atoms with van der Waals surface area (Å²) in [7, 11) is -3.74. The van der Waals surface area contributed by atoms with E-state index in [4.69, 9.17) is 23.2 Å². The molecule has 0 fully saturated rings. The molecule has 0 amide bonds. The molecule has 0 aliphatic rings. The minimum atomic E-state index is -3.74. The SMILES string of the molecule is CC(C)CCC(C)NS(=O)(=O)c1cc(CO)c(Cl)cc1Cl. The third-order valence-electron chi connectivity index (χ3n) is 3.09. The van der Waals surface area contributed by atoms with E-state index in [1.54, 1.807) is 0 Å². The molecule has 0 spiro atoms. The molecule has 0 aliphatic carbocycles. The Balaban J connectivity index is 2.97. The summed E-state index contributed by atoms with van der Waals surface area (Å²) in [6.45, 7) is 5.65. The fourth-order valence-corrected chi connectivity index (χ4v) is 4.00. The van der Waals surface area contributed by atoms with Gasteiger partial charge >= 0.3 is 0 Å². The number of aliphatic hydroxyl groups is 1. The number of sulfonamides is 1. The molecule has 0 saturated carbocycles. The Hall–Kier alpha value is -0.330. The summed E-state index contributed by atoms with van der Waals surface area (Å²) in [5.74, 6) is 0.511. The van der Waals surface area contributed by atoms with Gasteiger partial charge in [-0.2, -0.15) is 0 Å². The second-order valence-corrected chi connectivity index (χ2v) is 8.02. The van der Waals surface area contributed by atoms with Gasteiger partial charge in [0.1, 0.15) is 4.90 Å². The third kappa shape index (κ3) is 5.42. The van der Waals surface area contributed by atoms with Gasteiger partial charge in [-0.3, -0.25) is 0 Å². The molecule has 1 rings (SSSR count). The normalized spacial score (nSPS) is 13.7. The smallest absolute Gasteiger partial charge is 0.242 e. The fourth-order valence-electron chi connectivity index (χ4n) is 1.87. The van der Waals surface area contributed by atoms with Crippen molar-refractivity contribution in [3.63, 3.8) is 0 Å². The molecule has 0 aliphatic heterocycles. The zero-order valence-corrected chi connectivity index (χ0v) is 14.7. The molecule has 2 N–H and O–H groups in total. The number of halogens is 2. The highest BCUT2D eigenvalue weighted by Crippen LogP contribution is 2.29. The first kappa shape index (κ1) is 18.7. The van der Waals surface area contributed by atoms with Crippen LogP contribution in [0.5, 0.6) is 0 Å². The number of nitrogens with one attached hydrogen (secondary N) is 1. The molecule has 1 aromatic rings. The molecule has 4 nitrogen and oxygen atoms in total. The zero-order chi connectivity index (χ0) is 16.2. The van der Waals surface area contributed by atoms with E-state index in [1.807, 2.05) is 6.92 Å². The molecule has 120 valence electrons. The molecule has 0 bridgehead atoms. The van der Waals surface area contributed by atoms with Crippen LogP contribution in [-0.2, 0) is 16.6 Å². The summed E-state index contributed by atoms with van der Waals surface area (Å²) >= 11 is 11.9.